The zero-order chi connectivity index (χ0) is 15.5. The number of ether oxygens (including phenoxy) is 1. The summed E-state index contributed by atoms with van der Waals surface area (Å²) in [6.07, 6.45) is 6.17. The van der Waals surface area contributed by atoms with Crippen LogP contribution in [-0.2, 0) is 6.54 Å². The van der Waals surface area contributed by atoms with Crippen LogP contribution >= 0.6 is 45.2 Å². The van der Waals surface area contributed by atoms with Gasteiger partial charge < -0.3 is 9.30 Å². The summed E-state index contributed by atoms with van der Waals surface area (Å²) in [5.41, 5.74) is 2.47. The largest absolute Gasteiger partial charge is 0.493 e. The Labute approximate surface area is 159 Å². The number of benzene rings is 1. The summed E-state index contributed by atoms with van der Waals surface area (Å²) < 4.78 is 10.3. The molecule has 0 aliphatic carbocycles. The molecule has 1 aliphatic rings. The van der Waals surface area contributed by atoms with Crippen LogP contribution in [0.15, 0.2) is 30.5 Å². The number of methoxy groups -OCH3 is 1. The molecule has 0 radical (unpaired) electrons. The van der Waals surface area contributed by atoms with Crippen molar-refractivity contribution in [3.05, 3.63) is 43.3 Å². The van der Waals surface area contributed by atoms with Crippen molar-refractivity contribution in [3.8, 4) is 11.4 Å². The number of hydrogen-bond acceptors (Lipinski definition) is 2. The summed E-state index contributed by atoms with van der Waals surface area (Å²) in [5.74, 6) is 0.956. The molecule has 0 unspecified atom stereocenters. The smallest absolute Gasteiger partial charge is 0.156 e. The summed E-state index contributed by atoms with van der Waals surface area (Å²) in [5, 5.41) is 0. The third kappa shape index (κ3) is 3.62. The van der Waals surface area contributed by atoms with Crippen LogP contribution in [-0.4, -0.2) is 29.7 Å². The molecule has 0 atom stereocenters. The van der Waals surface area contributed by atoms with Crippen molar-refractivity contribution in [2.75, 3.05) is 20.2 Å². The molecule has 0 amide bonds. The van der Waals surface area contributed by atoms with Gasteiger partial charge in [0.15, 0.2) is 5.75 Å². The van der Waals surface area contributed by atoms with Crippen LogP contribution in [0.5, 0.6) is 5.75 Å². The highest BCUT2D eigenvalue weighted by molar-refractivity contribution is 14.1. The highest BCUT2D eigenvalue weighted by Gasteiger charge is 2.16. The van der Waals surface area contributed by atoms with E-state index in [0.29, 0.717) is 0 Å². The molecule has 0 N–H and O–H groups in total. The quantitative estimate of drug-likeness (QED) is 0.543. The molecule has 1 aliphatic heterocycles. The molecule has 1 aromatic carbocycles. The van der Waals surface area contributed by atoms with Gasteiger partial charge in [0.1, 0.15) is 0 Å². The molecule has 22 heavy (non-hydrogen) atoms. The Balaban J connectivity index is 1.94. The van der Waals surface area contributed by atoms with Crippen molar-refractivity contribution < 1.29 is 4.74 Å². The fraction of sp³-hybridized carbons (Fsp3) is 0.412. The van der Waals surface area contributed by atoms with Gasteiger partial charge in [-0.2, -0.15) is 0 Å². The van der Waals surface area contributed by atoms with E-state index in [0.717, 1.165) is 21.6 Å². The number of nitrogens with zero attached hydrogens (tertiary/aromatic N) is 2. The summed E-state index contributed by atoms with van der Waals surface area (Å²) >= 11 is 4.72. The third-order valence-electron chi connectivity index (χ3n) is 4.12. The zero-order valence-corrected chi connectivity index (χ0v) is 17.0. The Morgan fingerprint density at radius 2 is 1.91 bits per heavy atom. The Bertz CT molecular complexity index is 648. The van der Waals surface area contributed by atoms with Gasteiger partial charge in [-0.05, 0) is 95.4 Å². The van der Waals surface area contributed by atoms with E-state index in [-0.39, 0.29) is 0 Å². The van der Waals surface area contributed by atoms with Crippen molar-refractivity contribution >= 4 is 45.2 Å². The molecule has 5 heteroatoms. The van der Waals surface area contributed by atoms with Crippen LogP contribution in [0.25, 0.3) is 5.69 Å². The molecular weight excluding hydrogens is 502 g/mol. The van der Waals surface area contributed by atoms with Gasteiger partial charge in [-0.3, -0.25) is 4.90 Å². The second-order valence-electron chi connectivity index (χ2n) is 5.65. The SMILES string of the molecule is COc1c(I)cc(I)cc1-n1cccc1CN1CCCCC1. The Morgan fingerprint density at radius 3 is 2.64 bits per heavy atom. The van der Waals surface area contributed by atoms with Gasteiger partial charge in [0, 0.05) is 22.0 Å². The molecule has 1 aromatic heterocycles. The highest BCUT2D eigenvalue weighted by Crippen LogP contribution is 2.32. The topological polar surface area (TPSA) is 17.4 Å². The van der Waals surface area contributed by atoms with E-state index in [1.165, 1.54) is 41.6 Å². The lowest BCUT2D eigenvalue weighted by molar-refractivity contribution is 0.217. The van der Waals surface area contributed by atoms with E-state index >= 15 is 0 Å². The van der Waals surface area contributed by atoms with Crippen LogP contribution in [0, 0.1) is 7.14 Å². The number of piperidine rings is 1. The Morgan fingerprint density at radius 1 is 1.14 bits per heavy atom. The third-order valence-corrected chi connectivity index (χ3v) is 5.54. The van der Waals surface area contributed by atoms with Crippen LogP contribution in [0.1, 0.15) is 25.0 Å². The normalized spacial score (nSPS) is 16.0. The van der Waals surface area contributed by atoms with E-state index in [4.69, 9.17) is 4.74 Å². The summed E-state index contributed by atoms with van der Waals surface area (Å²) in [6.45, 7) is 3.44. The number of likely N-dealkylation sites (tertiary alicyclic amines) is 1. The van der Waals surface area contributed by atoms with Crippen LogP contribution in [0.2, 0.25) is 0 Å². The molecule has 0 saturated carbocycles. The van der Waals surface area contributed by atoms with Gasteiger partial charge in [-0.15, -0.1) is 0 Å². The number of aromatic nitrogens is 1. The van der Waals surface area contributed by atoms with Gasteiger partial charge in [-0.25, -0.2) is 0 Å². The fourth-order valence-electron chi connectivity index (χ4n) is 3.05. The predicted molar refractivity (Wildman–Crippen MR) is 107 cm³/mol. The second-order valence-corrected chi connectivity index (χ2v) is 8.05. The first-order valence-corrected chi connectivity index (χ1v) is 9.77. The number of halogens is 2. The van der Waals surface area contributed by atoms with Crippen LogP contribution in [0.3, 0.4) is 0 Å². The lowest BCUT2D eigenvalue weighted by atomic mass is 10.1. The number of rotatable bonds is 4. The maximum atomic E-state index is 5.65. The van der Waals surface area contributed by atoms with E-state index in [2.05, 4.69) is 85.1 Å². The Kier molecular flexibility index (Phi) is 5.67. The molecule has 1 saturated heterocycles. The minimum absolute atomic E-state index is 0.956. The first-order valence-electron chi connectivity index (χ1n) is 7.61. The van der Waals surface area contributed by atoms with Crippen LogP contribution in [0.4, 0.5) is 0 Å². The second kappa shape index (κ2) is 7.53. The van der Waals surface area contributed by atoms with Gasteiger partial charge in [0.05, 0.1) is 16.4 Å². The van der Waals surface area contributed by atoms with Crippen molar-refractivity contribution in [1.82, 2.24) is 9.47 Å². The van der Waals surface area contributed by atoms with Crippen LogP contribution < -0.4 is 4.74 Å². The maximum Gasteiger partial charge on any atom is 0.156 e. The lowest BCUT2D eigenvalue weighted by Crippen LogP contribution is -2.29. The first kappa shape index (κ1) is 16.6. The molecule has 118 valence electrons. The average molecular weight is 522 g/mol. The van der Waals surface area contributed by atoms with E-state index in [1.807, 2.05) is 0 Å². The molecule has 1 fully saturated rings. The molecule has 3 nitrogen and oxygen atoms in total. The average Bonchev–Trinajstić information content (AvgIpc) is 2.95. The van der Waals surface area contributed by atoms with E-state index in [1.54, 1.807) is 7.11 Å². The molecule has 2 aromatic rings. The van der Waals surface area contributed by atoms with E-state index in [9.17, 15) is 0 Å². The molecule has 0 bridgehead atoms. The summed E-state index contributed by atoms with van der Waals surface area (Å²) in [6, 6.07) is 8.70. The predicted octanol–water partition coefficient (Wildman–Crippen LogP) is 4.68. The molecule has 2 heterocycles. The first-order chi connectivity index (χ1) is 10.7. The molecular formula is C17H20I2N2O. The van der Waals surface area contributed by atoms with E-state index < -0.39 is 0 Å². The maximum absolute atomic E-state index is 5.65. The summed E-state index contributed by atoms with van der Waals surface area (Å²) in [7, 11) is 1.75. The Hall–Kier alpha value is -0.280. The lowest BCUT2D eigenvalue weighted by Gasteiger charge is -2.27. The molecule has 3 rings (SSSR count). The zero-order valence-electron chi connectivity index (χ0n) is 12.7. The minimum Gasteiger partial charge on any atom is -0.493 e. The number of hydrogen-bond donors (Lipinski definition) is 0. The van der Waals surface area contributed by atoms with Crippen molar-refractivity contribution in [1.29, 1.82) is 0 Å². The monoisotopic (exact) mass is 522 g/mol. The van der Waals surface area contributed by atoms with Crippen molar-refractivity contribution in [2.45, 2.75) is 25.8 Å². The van der Waals surface area contributed by atoms with Gasteiger partial charge >= 0.3 is 0 Å². The van der Waals surface area contributed by atoms with Gasteiger partial charge in [0.25, 0.3) is 0 Å². The standard InChI is InChI=1S/C17H20I2N2O/c1-22-17-15(19)10-13(18)11-16(17)21-9-5-6-14(21)12-20-7-3-2-4-8-20/h5-6,9-11H,2-4,7-8,12H2,1H3. The minimum atomic E-state index is 0.956. The highest BCUT2D eigenvalue weighted by atomic mass is 127. The fourth-order valence-corrected chi connectivity index (χ4v) is 5.09. The summed E-state index contributed by atoms with van der Waals surface area (Å²) in [4.78, 5) is 2.56. The molecule has 0 spiro atoms. The van der Waals surface area contributed by atoms with Crippen molar-refractivity contribution in [2.24, 2.45) is 0 Å². The van der Waals surface area contributed by atoms with Gasteiger partial charge in [-0.1, -0.05) is 6.42 Å². The van der Waals surface area contributed by atoms with Gasteiger partial charge in [0.2, 0.25) is 0 Å². The van der Waals surface area contributed by atoms with Crippen molar-refractivity contribution in [3.63, 3.8) is 0 Å².